The molecule has 0 radical (unpaired) electrons. The number of aromatic nitrogens is 2. The minimum atomic E-state index is -0.0518. The molecule has 0 aliphatic rings. The Balaban J connectivity index is 1.44. The number of nitrogens with zero attached hydrogens (tertiary/aromatic N) is 2. The molecule has 0 bridgehead atoms. The standard InChI is InChI=1S/C24H22BrN3O/c25-20-11-6-10-19(16-20)24(29)26-15-7-14-23-27-21-12-4-5-13-22(21)28(23)17-18-8-2-1-3-9-18/h1-6,8-13,16H,7,14-15,17H2,(H,26,29). The van der Waals surface area contributed by atoms with Gasteiger partial charge in [0.25, 0.3) is 5.91 Å². The Morgan fingerprint density at radius 1 is 0.966 bits per heavy atom. The molecule has 1 N–H and O–H groups in total. The number of imidazole rings is 1. The Morgan fingerprint density at radius 3 is 2.59 bits per heavy atom. The number of carbonyl (C=O) groups excluding carboxylic acids is 1. The van der Waals surface area contributed by atoms with E-state index in [1.54, 1.807) is 0 Å². The average Bonchev–Trinajstić information content (AvgIpc) is 3.09. The first kappa shape index (κ1) is 19.4. The Morgan fingerprint density at radius 2 is 1.76 bits per heavy atom. The molecule has 0 atom stereocenters. The topological polar surface area (TPSA) is 46.9 Å². The van der Waals surface area contributed by atoms with Gasteiger partial charge in [-0.25, -0.2) is 4.98 Å². The van der Waals surface area contributed by atoms with E-state index in [-0.39, 0.29) is 5.91 Å². The van der Waals surface area contributed by atoms with Crippen LogP contribution in [0.5, 0.6) is 0 Å². The van der Waals surface area contributed by atoms with Crippen LogP contribution < -0.4 is 5.32 Å². The maximum absolute atomic E-state index is 12.3. The van der Waals surface area contributed by atoms with Crippen molar-refractivity contribution < 1.29 is 4.79 Å². The van der Waals surface area contributed by atoms with Crippen LogP contribution >= 0.6 is 15.9 Å². The number of aryl methyl sites for hydroxylation is 1. The highest BCUT2D eigenvalue weighted by molar-refractivity contribution is 9.10. The molecule has 0 fully saturated rings. The van der Waals surface area contributed by atoms with Gasteiger partial charge in [-0.05, 0) is 42.3 Å². The molecule has 0 saturated heterocycles. The molecule has 3 aromatic carbocycles. The number of hydrogen-bond donors (Lipinski definition) is 1. The van der Waals surface area contributed by atoms with Crippen molar-refractivity contribution in [1.82, 2.24) is 14.9 Å². The van der Waals surface area contributed by atoms with Crippen LogP contribution in [-0.2, 0) is 13.0 Å². The summed E-state index contributed by atoms with van der Waals surface area (Å²) in [7, 11) is 0. The molecule has 4 nitrogen and oxygen atoms in total. The van der Waals surface area contributed by atoms with Crippen LogP contribution in [0.1, 0.15) is 28.2 Å². The summed E-state index contributed by atoms with van der Waals surface area (Å²) in [5.41, 5.74) is 4.07. The summed E-state index contributed by atoms with van der Waals surface area (Å²) in [6.07, 6.45) is 1.64. The maximum Gasteiger partial charge on any atom is 0.251 e. The normalized spacial score (nSPS) is 10.9. The summed E-state index contributed by atoms with van der Waals surface area (Å²) in [6, 6.07) is 26.1. The van der Waals surface area contributed by atoms with Crippen molar-refractivity contribution in [2.45, 2.75) is 19.4 Å². The fraction of sp³-hybridized carbons (Fsp3) is 0.167. The van der Waals surface area contributed by atoms with E-state index in [1.807, 2.05) is 42.5 Å². The number of halogens is 1. The van der Waals surface area contributed by atoms with E-state index in [9.17, 15) is 4.79 Å². The number of carbonyl (C=O) groups is 1. The minimum absolute atomic E-state index is 0.0518. The first-order valence-electron chi connectivity index (χ1n) is 9.72. The monoisotopic (exact) mass is 447 g/mol. The van der Waals surface area contributed by atoms with E-state index < -0.39 is 0 Å². The summed E-state index contributed by atoms with van der Waals surface area (Å²) >= 11 is 3.40. The Bertz CT molecular complexity index is 1120. The highest BCUT2D eigenvalue weighted by Crippen LogP contribution is 2.19. The molecule has 146 valence electrons. The number of nitrogens with one attached hydrogen (secondary N) is 1. The molecule has 1 amide bonds. The van der Waals surface area contributed by atoms with Gasteiger partial charge in [0.2, 0.25) is 0 Å². The zero-order valence-corrected chi connectivity index (χ0v) is 17.6. The van der Waals surface area contributed by atoms with Gasteiger partial charge in [0.15, 0.2) is 0 Å². The lowest BCUT2D eigenvalue weighted by atomic mass is 10.2. The molecule has 0 aliphatic carbocycles. The van der Waals surface area contributed by atoms with Crippen LogP contribution in [0, 0.1) is 0 Å². The van der Waals surface area contributed by atoms with Crippen molar-refractivity contribution >= 4 is 32.9 Å². The van der Waals surface area contributed by atoms with Gasteiger partial charge in [-0.15, -0.1) is 0 Å². The van der Waals surface area contributed by atoms with Gasteiger partial charge in [0.1, 0.15) is 5.82 Å². The number of benzene rings is 3. The lowest BCUT2D eigenvalue weighted by Crippen LogP contribution is -2.25. The molecule has 4 rings (SSSR count). The van der Waals surface area contributed by atoms with Gasteiger partial charge >= 0.3 is 0 Å². The minimum Gasteiger partial charge on any atom is -0.352 e. The SMILES string of the molecule is O=C(NCCCc1nc2ccccc2n1Cc1ccccc1)c1cccc(Br)c1. The van der Waals surface area contributed by atoms with Crippen LogP contribution in [0.25, 0.3) is 11.0 Å². The number of para-hydroxylation sites is 2. The molecule has 29 heavy (non-hydrogen) atoms. The van der Waals surface area contributed by atoms with Gasteiger partial charge in [-0.3, -0.25) is 4.79 Å². The molecular weight excluding hydrogens is 426 g/mol. The first-order chi connectivity index (χ1) is 14.2. The molecule has 0 spiro atoms. The van der Waals surface area contributed by atoms with Crippen molar-refractivity contribution in [2.24, 2.45) is 0 Å². The van der Waals surface area contributed by atoms with Crippen molar-refractivity contribution in [3.63, 3.8) is 0 Å². The highest BCUT2D eigenvalue weighted by Gasteiger charge is 2.11. The third-order valence-corrected chi connectivity index (χ3v) is 5.36. The maximum atomic E-state index is 12.3. The Kier molecular flexibility index (Phi) is 6.06. The van der Waals surface area contributed by atoms with Crippen molar-refractivity contribution in [1.29, 1.82) is 0 Å². The van der Waals surface area contributed by atoms with Gasteiger partial charge < -0.3 is 9.88 Å². The van der Waals surface area contributed by atoms with Crippen molar-refractivity contribution in [3.8, 4) is 0 Å². The average molecular weight is 448 g/mol. The summed E-state index contributed by atoms with van der Waals surface area (Å²) in [5, 5.41) is 3.00. The van der Waals surface area contributed by atoms with E-state index in [1.165, 1.54) is 5.56 Å². The molecule has 1 heterocycles. The van der Waals surface area contributed by atoms with Crippen LogP contribution in [0.3, 0.4) is 0 Å². The van der Waals surface area contributed by atoms with E-state index >= 15 is 0 Å². The fourth-order valence-corrected chi connectivity index (χ4v) is 3.84. The lowest BCUT2D eigenvalue weighted by molar-refractivity contribution is 0.0953. The molecule has 4 aromatic rings. The van der Waals surface area contributed by atoms with Crippen LogP contribution in [0.15, 0.2) is 83.3 Å². The van der Waals surface area contributed by atoms with Crippen LogP contribution in [0.2, 0.25) is 0 Å². The quantitative estimate of drug-likeness (QED) is 0.395. The van der Waals surface area contributed by atoms with E-state index in [2.05, 4.69) is 62.2 Å². The Hall–Kier alpha value is -2.92. The fourth-order valence-electron chi connectivity index (χ4n) is 3.44. The summed E-state index contributed by atoms with van der Waals surface area (Å²) in [4.78, 5) is 17.1. The molecular formula is C24H22BrN3O. The van der Waals surface area contributed by atoms with E-state index in [0.717, 1.165) is 40.7 Å². The van der Waals surface area contributed by atoms with Crippen LogP contribution in [-0.4, -0.2) is 22.0 Å². The molecule has 1 aromatic heterocycles. The Labute approximate surface area is 178 Å². The second-order valence-electron chi connectivity index (χ2n) is 6.96. The van der Waals surface area contributed by atoms with Gasteiger partial charge in [-0.1, -0.05) is 64.5 Å². The molecule has 0 saturated carbocycles. The van der Waals surface area contributed by atoms with Gasteiger partial charge in [0.05, 0.1) is 11.0 Å². The third kappa shape index (κ3) is 4.74. The summed E-state index contributed by atoms with van der Waals surface area (Å²) in [5.74, 6) is 0.996. The number of fused-ring (bicyclic) bond motifs is 1. The van der Waals surface area contributed by atoms with Crippen molar-refractivity contribution in [3.05, 3.63) is 100 Å². The second-order valence-corrected chi connectivity index (χ2v) is 7.87. The van der Waals surface area contributed by atoms with E-state index in [0.29, 0.717) is 12.1 Å². The van der Waals surface area contributed by atoms with E-state index in [4.69, 9.17) is 4.98 Å². The van der Waals surface area contributed by atoms with Crippen LogP contribution in [0.4, 0.5) is 0 Å². The largest absolute Gasteiger partial charge is 0.352 e. The molecule has 5 heteroatoms. The smallest absolute Gasteiger partial charge is 0.251 e. The molecule has 0 unspecified atom stereocenters. The number of amides is 1. The van der Waals surface area contributed by atoms with Gasteiger partial charge in [-0.2, -0.15) is 0 Å². The predicted molar refractivity (Wildman–Crippen MR) is 120 cm³/mol. The number of rotatable bonds is 7. The predicted octanol–water partition coefficient (Wildman–Crippen LogP) is 5.21. The highest BCUT2D eigenvalue weighted by atomic mass is 79.9. The molecule has 0 aliphatic heterocycles. The lowest BCUT2D eigenvalue weighted by Gasteiger charge is -2.10. The zero-order chi connectivity index (χ0) is 20.1. The third-order valence-electron chi connectivity index (χ3n) is 4.87. The first-order valence-corrected chi connectivity index (χ1v) is 10.5. The summed E-state index contributed by atoms with van der Waals surface area (Å²) in [6.45, 7) is 1.40. The summed E-state index contributed by atoms with van der Waals surface area (Å²) < 4.78 is 3.18. The number of hydrogen-bond acceptors (Lipinski definition) is 2. The zero-order valence-electron chi connectivity index (χ0n) is 16.0. The van der Waals surface area contributed by atoms with Gasteiger partial charge in [0, 0.05) is 29.5 Å². The van der Waals surface area contributed by atoms with Crippen molar-refractivity contribution in [2.75, 3.05) is 6.54 Å². The second kappa shape index (κ2) is 9.05.